The Bertz CT molecular complexity index is 1750. The van der Waals surface area contributed by atoms with E-state index in [9.17, 15) is 18.0 Å². The van der Waals surface area contributed by atoms with E-state index in [1.54, 1.807) is 61.5 Å². The summed E-state index contributed by atoms with van der Waals surface area (Å²) in [6, 6.07) is 26.4. The van der Waals surface area contributed by atoms with Crippen molar-refractivity contribution < 1.29 is 22.7 Å². The zero-order valence-electron chi connectivity index (χ0n) is 26.7. The third-order valence-corrected chi connectivity index (χ3v) is 10.0. The van der Waals surface area contributed by atoms with Gasteiger partial charge in [-0.15, -0.1) is 0 Å². The van der Waals surface area contributed by atoms with Crippen LogP contribution in [0.15, 0.2) is 102 Å². The summed E-state index contributed by atoms with van der Waals surface area (Å²) in [6.07, 6.45) is 0.856. The van der Waals surface area contributed by atoms with Crippen molar-refractivity contribution in [2.24, 2.45) is 0 Å². The monoisotopic (exact) mass is 695 g/mol. The van der Waals surface area contributed by atoms with Crippen LogP contribution in [-0.2, 0) is 32.6 Å². The van der Waals surface area contributed by atoms with Crippen LogP contribution < -0.4 is 14.4 Å². The summed E-state index contributed by atoms with van der Waals surface area (Å²) in [4.78, 5) is 29.9. The van der Waals surface area contributed by atoms with E-state index in [0.29, 0.717) is 34.3 Å². The highest BCUT2D eigenvalue weighted by molar-refractivity contribution is 7.92. The summed E-state index contributed by atoms with van der Waals surface area (Å²) >= 11 is 13.2. The number of hydrogen-bond donors (Lipinski definition) is 1. The van der Waals surface area contributed by atoms with Crippen molar-refractivity contribution in [1.29, 1.82) is 0 Å². The molecule has 8 nitrogen and oxygen atoms in total. The summed E-state index contributed by atoms with van der Waals surface area (Å²) in [5, 5.41) is 3.55. The molecule has 4 aromatic carbocycles. The zero-order valence-corrected chi connectivity index (χ0v) is 29.0. The van der Waals surface area contributed by atoms with E-state index in [1.807, 2.05) is 44.2 Å². The molecule has 1 atom stereocenters. The SMILES string of the molecule is CCCNC(=O)[C@@H](Cc1ccccc1)N(Cc1c(Cl)cccc1Cl)C(=O)CN(c1ccccc1OCC)S(=O)(=O)c1ccc(C)cc1. The van der Waals surface area contributed by atoms with Gasteiger partial charge in [0.1, 0.15) is 18.3 Å². The Labute approximate surface area is 287 Å². The molecule has 0 fully saturated rings. The summed E-state index contributed by atoms with van der Waals surface area (Å²) < 4.78 is 35.5. The van der Waals surface area contributed by atoms with E-state index in [-0.39, 0.29) is 36.1 Å². The number of para-hydroxylation sites is 2. The molecule has 0 unspecified atom stereocenters. The Morgan fingerprint density at radius 2 is 1.49 bits per heavy atom. The Morgan fingerprint density at radius 3 is 2.13 bits per heavy atom. The van der Waals surface area contributed by atoms with Crippen LogP contribution in [0.3, 0.4) is 0 Å². The predicted molar refractivity (Wildman–Crippen MR) is 188 cm³/mol. The minimum Gasteiger partial charge on any atom is -0.492 e. The molecule has 0 heterocycles. The second kappa shape index (κ2) is 16.7. The number of carbonyl (C=O) groups is 2. The highest BCUT2D eigenvalue weighted by Crippen LogP contribution is 2.34. The maximum absolute atomic E-state index is 14.7. The van der Waals surface area contributed by atoms with Gasteiger partial charge in [0.15, 0.2) is 0 Å². The third-order valence-electron chi connectivity index (χ3n) is 7.53. The van der Waals surface area contributed by atoms with Gasteiger partial charge in [0.05, 0.1) is 17.2 Å². The lowest BCUT2D eigenvalue weighted by Crippen LogP contribution is -2.53. The molecule has 0 bridgehead atoms. The minimum absolute atomic E-state index is 0.00410. The molecular formula is C36H39Cl2N3O5S. The van der Waals surface area contributed by atoms with E-state index in [1.165, 1.54) is 17.0 Å². The van der Waals surface area contributed by atoms with Gasteiger partial charge in [-0.2, -0.15) is 0 Å². The Hall–Kier alpha value is -4.05. The lowest BCUT2D eigenvalue weighted by Gasteiger charge is -2.34. The number of benzene rings is 4. The number of rotatable bonds is 15. The van der Waals surface area contributed by atoms with Crippen molar-refractivity contribution >= 4 is 50.7 Å². The molecule has 0 aromatic heterocycles. The number of anilines is 1. The van der Waals surface area contributed by atoms with Gasteiger partial charge in [-0.1, -0.05) is 96.4 Å². The van der Waals surface area contributed by atoms with E-state index in [2.05, 4.69) is 5.32 Å². The van der Waals surface area contributed by atoms with Crippen LogP contribution in [-0.4, -0.2) is 50.9 Å². The fraction of sp³-hybridized carbons (Fsp3) is 0.278. The van der Waals surface area contributed by atoms with Crippen molar-refractivity contribution in [2.45, 2.75) is 51.1 Å². The topological polar surface area (TPSA) is 96.0 Å². The summed E-state index contributed by atoms with van der Waals surface area (Å²) in [5.74, 6) is -0.717. The van der Waals surface area contributed by atoms with Crippen molar-refractivity contribution in [2.75, 3.05) is 24.0 Å². The number of ether oxygens (including phenoxy) is 1. The van der Waals surface area contributed by atoms with Crippen LogP contribution in [0.2, 0.25) is 10.0 Å². The molecule has 4 rings (SSSR count). The molecule has 0 radical (unpaired) electrons. The first-order valence-electron chi connectivity index (χ1n) is 15.4. The molecule has 0 aliphatic rings. The Kier molecular flexibility index (Phi) is 12.7. The lowest BCUT2D eigenvalue weighted by atomic mass is 10.0. The standard InChI is InChI=1S/C36H39Cl2N3O5S/c1-4-22-39-36(43)33(23-27-12-7-6-8-13-27)40(24-29-30(37)14-11-15-31(29)38)35(42)25-41(32-16-9-10-17-34(32)46-5-2)47(44,45)28-20-18-26(3)19-21-28/h6-21,33H,4-5,22-25H2,1-3H3,(H,39,43)/t33-/m1/s1. The third kappa shape index (κ3) is 9.06. The van der Waals surface area contributed by atoms with Gasteiger partial charge in [-0.3, -0.25) is 13.9 Å². The molecular weight excluding hydrogens is 657 g/mol. The molecule has 0 aliphatic heterocycles. The summed E-state index contributed by atoms with van der Waals surface area (Å²) in [5.41, 5.74) is 2.33. The molecule has 47 heavy (non-hydrogen) atoms. The fourth-order valence-electron chi connectivity index (χ4n) is 5.07. The van der Waals surface area contributed by atoms with Gasteiger partial charge in [0.2, 0.25) is 11.8 Å². The normalized spacial score (nSPS) is 11.9. The van der Waals surface area contributed by atoms with Crippen LogP contribution in [0.1, 0.15) is 37.0 Å². The largest absolute Gasteiger partial charge is 0.492 e. The lowest BCUT2D eigenvalue weighted by molar-refractivity contribution is -0.140. The van der Waals surface area contributed by atoms with Crippen LogP contribution >= 0.6 is 23.2 Å². The number of nitrogens with one attached hydrogen (secondary N) is 1. The average Bonchev–Trinajstić information content (AvgIpc) is 3.06. The summed E-state index contributed by atoms with van der Waals surface area (Å²) in [7, 11) is -4.30. The maximum atomic E-state index is 14.7. The molecule has 11 heteroatoms. The number of carbonyl (C=O) groups excluding carboxylic acids is 2. The van der Waals surface area contributed by atoms with Crippen molar-refractivity contribution in [3.8, 4) is 5.75 Å². The van der Waals surface area contributed by atoms with Crippen LogP contribution in [0.5, 0.6) is 5.75 Å². The van der Waals surface area contributed by atoms with Gasteiger partial charge < -0.3 is 15.0 Å². The average molecular weight is 697 g/mol. The fourth-order valence-corrected chi connectivity index (χ4v) is 7.01. The molecule has 248 valence electrons. The van der Waals surface area contributed by atoms with Crippen LogP contribution in [0.4, 0.5) is 5.69 Å². The van der Waals surface area contributed by atoms with E-state index in [0.717, 1.165) is 15.4 Å². The van der Waals surface area contributed by atoms with Gasteiger partial charge in [-0.05, 0) is 62.2 Å². The first-order valence-corrected chi connectivity index (χ1v) is 17.6. The molecule has 2 amide bonds. The second-order valence-corrected chi connectivity index (χ2v) is 13.6. The predicted octanol–water partition coefficient (Wildman–Crippen LogP) is 7.06. The Morgan fingerprint density at radius 1 is 0.851 bits per heavy atom. The molecule has 1 N–H and O–H groups in total. The number of sulfonamides is 1. The van der Waals surface area contributed by atoms with Gasteiger partial charge >= 0.3 is 0 Å². The first-order chi connectivity index (χ1) is 22.6. The van der Waals surface area contributed by atoms with E-state index in [4.69, 9.17) is 27.9 Å². The minimum atomic E-state index is -4.30. The molecule has 0 spiro atoms. The number of amides is 2. The highest BCUT2D eigenvalue weighted by atomic mass is 35.5. The maximum Gasteiger partial charge on any atom is 0.264 e. The number of hydrogen-bond acceptors (Lipinski definition) is 5. The van der Waals surface area contributed by atoms with Crippen molar-refractivity contribution in [1.82, 2.24) is 10.2 Å². The van der Waals surface area contributed by atoms with Crippen molar-refractivity contribution in [3.63, 3.8) is 0 Å². The summed E-state index contributed by atoms with van der Waals surface area (Å²) in [6.45, 7) is 5.48. The molecule has 0 saturated heterocycles. The molecule has 0 saturated carbocycles. The zero-order chi connectivity index (χ0) is 34.0. The van der Waals surface area contributed by atoms with Gasteiger partial charge in [0, 0.05) is 35.1 Å². The number of aryl methyl sites for hydroxylation is 1. The second-order valence-electron chi connectivity index (χ2n) is 10.9. The van der Waals surface area contributed by atoms with Gasteiger partial charge in [0.25, 0.3) is 10.0 Å². The van der Waals surface area contributed by atoms with Crippen LogP contribution in [0, 0.1) is 6.92 Å². The smallest absolute Gasteiger partial charge is 0.264 e. The first kappa shape index (κ1) is 35.8. The molecule has 4 aromatic rings. The quantitative estimate of drug-likeness (QED) is 0.144. The molecule has 0 aliphatic carbocycles. The van der Waals surface area contributed by atoms with Crippen LogP contribution in [0.25, 0.3) is 0 Å². The van der Waals surface area contributed by atoms with Crippen molar-refractivity contribution in [3.05, 3.63) is 124 Å². The number of halogens is 2. The Balaban J connectivity index is 1.86. The number of nitrogens with zero attached hydrogens (tertiary/aromatic N) is 2. The van der Waals surface area contributed by atoms with E-state index < -0.39 is 28.5 Å². The van der Waals surface area contributed by atoms with E-state index >= 15 is 0 Å². The van der Waals surface area contributed by atoms with Gasteiger partial charge in [-0.25, -0.2) is 8.42 Å². The highest BCUT2D eigenvalue weighted by Gasteiger charge is 2.36.